The van der Waals surface area contributed by atoms with Gasteiger partial charge in [0.25, 0.3) is 0 Å². The maximum Gasteiger partial charge on any atom is 0.573 e. The van der Waals surface area contributed by atoms with Crippen molar-refractivity contribution in [2.75, 3.05) is 0 Å². The Kier molecular flexibility index (Phi) is 4.67. The maximum atomic E-state index is 12.2. The number of rotatable bonds is 5. The molecule has 0 aliphatic carbocycles. The average Bonchev–Trinajstić information content (AvgIpc) is 2.87. The van der Waals surface area contributed by atoms with E-state index in [-0.39, 0.29) is 18.0 Å². The molecule has 1 aromatic carbocycles. The highest BCUT2D eigenvalue weighted by atomic mass is 32.1. The first kappa shape index (κ1) is 15.6. The van der Waals surface area contributed by atoms with Crippen molar-refractivity contribution in [2.45, 2.75) is 26.1 Å². The van der Waals surface area contributed by atoms with Crippen LogP contribution < -0.4 is 4.74 Å². The van der Waals surface area contributed by atoms with Gasteiger partial charge < -0.3 is 4.74 Å². The molecule has 0 atom stereocenters. The number of ketones is 1. The van der Waals surface area contributed by atoms with Crippen LogP contribution in [0.15, 0.2) is 35.7 Å². The predicted molar refractivity (Wildman–Crippen MR) is 74.9 cm³/mol. The molecule has 21 heavy (non-hydrogen) atoms. The lowest BCUT2D eigenvalue weighted by Gasteiger charge is -2.09. The second-order valence-corrected chi connectivity index (χ2v) is 5.34. The summed E-state index contributed by atoms with van der Waals surface area (Å²) in [6, 6.07) is 7.28. The molecule has 0 fully saturated rings. The van der Waals surface area contributed by atoms with Crippen molar-refractivity contribution in [1.82, 2.24) is 0 Å². The second-order valence-electron chi connectivity index (χ2n) is 4.42. The van der Waals surface area contributed by atoms with Crippen LogP contribution in [0.4, 0.5) is 13.2 Å². The van der Waals surface area contributed by atoms with Crippen LogP contribution in [0.1, 0.15) is 27.7 Å². The van der Waals surface area contributed by atoms with Crippen LogP contribution in [-0.2, 0) is 12.8 Å². The molecule has 2 rings (SSSR count). The van der Waals surface area contributed by atoms with E-state index in [4.69, 9.17) is 0 Å². The Morgan fingerprint density at radius 2 is 1.86 bits per heavy atom. The van der Waals surface area contributed by atoms with E-state index in [1.807, 2.05) is 18.4 Å². The Balaban J connectivity index is 2.05. The zero-order chi connectivity index (χ0) is 15.5. The Hall–Kier alpha value is -1.82. The Bertz CT molecular complexity index is 615. The molecule has 1 heterocycles. The van der Waals surface area contributed by atoms with E-state index >= 15 is 0 Å². The summed E-state index contributed by atoms with van der Waals surface area (Å²) >= 11 is 1.39. The van der Waals surface area contributed by atoms with Crippen LogP contribution in [0.5, 0.6) is 5.75 Å². The fourth-order valence-electron chi connectivity index (χ4n) is 1.93. The second kappa shape index (κ2) is 6.30. The summed E-state index contributed by atoms with van der Waals surface area (Å²) in [6.45, 7) is 1.97. The van der Waals surface area contributed by atoms with Crippen molar-refractivity contribution in [2.24, 2.45) is 0 Å². The third-order valence-electron chi connectivity index (χ3n) is 2.90. The zero-order valence-corrected chi connectivity index (χ0v) is 12.1. The topological polar surface area (TPSA) is 26.3 Å². The molecule has 0 N–H and O–H groups in total. The Morgan fingerprint density at radius 1 is 1.19 bits per heavy atom. The smallest absolute Gasteiger partial charge is 0.406 e. The number of carbonyl (C=O) groups is 1. The quantitative estimate of drug-likeness (QED) is 0.752. The molecule has 0 aliphatic heterocycles. The SMILES string of the molecule is CCc1ccsc1C(=O)Cc1ccc(OC(F)(F)F)cc1. The van der Waals surface area contributed by atoms with E-state index in [1.54, 1.807) is 0 Å². The summed E-state index contributed by atoms with van der Waals surface area (Å²) < 4.78 is 39.9. The maximum absolute atomic E-state index is 12.2. The molecule has 0 aliphatic rings. The molecule has 0 spiro atoms. The van der Waals surface area contributed by atoms with Crippen LogP contribution in [0, 0.1) is 0 Å². The molecular formula is C15H13F3O2S. The lowest BCUT2D eigenvalue weighted by molar-refractivity contribution is -0.274. The van der Waals surface area contributed by atoms with Crippen LogP contribution in [0.25, 0.3) is 0 Å². The number of thiophene rings is 1. The molecule has 2 aromatic rings. The minimum atomic E-state index is -4.70. The molecule has 0 saturated carbocycles. The fraction of sp³-hybridized carbons (Fsp3) is 0.267. The molecule has 112 valence electrons. The molecule has 0 saturated heterocycles. The third-order valence-corrected chi connectivity index (χ3v) is 3.90. The average molecular weight is 314 g/mol. The molecule has 0 bridgehead atoms. The molecule has 6 heteroatoms. The van der Waals surface area contributed by atoms with Crippen LogP contribution in [0.3, 0.4) is 0 Å². The van der Waals surface area contributed by atoms with Crippen molar-refractivity contribution in [1.29, 1.82) is 0 Å². The van der Waals surface area contributed by atoms with Crippen LogP contribution in [0.2, 0.25) is 0 Å². The van der Waals surface area contributed by atoms with Gasteiger partial charge in [0.2, 0.25) is 0 Å². The van der Waals surface area contributed by atoms with Gasteiger partial charge in [-0.3, -0.25) is 4.79 Å². The summed E-state index contributed by atoms with van der Waals surface area (Å²) in [7, 11) is 0. The van der Waals surface area contributed by atoms with Crippen molar-refractivity contribution in [3.8, 4) is 5.75 Å². The van der Waals surface area contributed by atoms with E-state index in [0.717, 1.165) is 12.0 Å². The van der Waals surface area contributed by atoms with Gasteiger partial charge in [-0.05, 0) is 41.1 Å². The lowest BCUT2D eigenvalue weighted by atomic mass is 10.1. The first-order valence-corrected chi connectivity index (χ1v) is 7.21. The number of aryl methyl sites for hydroxylation is 1. The number of carbonyl (C=O) groups excluding carboxylic acids is 1. The standard InChI is InChI=1S/C15H13F3O2S/c1-2-11-7-8-21-14(11)13(19)9-10-3-5-12(6-4-10)20-15(16,17)18/h3-8H,2,9H2,1H3. The highest BCUT2D eigenvalue weighted by molar-refractivity contribution is 7.12. The summed E-state index contributed by atoms with van der Waals surface area (Å²) in [4.78, 5) is 12.9. The van der Waals surface area contributed by atoms with Gasteiger partial charge in [-0.25, -0.2) is 0 Å². The summed E-state index contributed by atoms with van der Waals surface area (Å²) in [6.07, 6.45) is -3.76. The summed E-state index contributed by atoms with van der Waals surface area (Å²) in [5.41, 5.74) is 1.66. The van der Waals surface area contributed by atoms with E-state index in [1.165, 1.54) is 35.6 Å². The molecule has 0 amide bonds. The summed E-state index contributed by atoms with van der Waals surface area (Å²) in [5.74, 6) is -0.310. The van der Waals surface area contributed by atoms with E-state index in [2.05, 4.69) is 4.74 Å². The van der Waals surface area contributed by atoms with E-state index < -0.39 is 6.36 Å². The predicted octanol–water partition coefficient (Wildman–Crippen LogP) is 4.63. The molecule has 0 unspecified atom stereocenters. The van der Waals surface area contributed by atoms with Gasteiger partial charge in [-0.15, -0.1) is 24.5 Å². The normalized spacial score (nSPS) is 11.4. The van der Waals surface area contributed by atoms with Crippen LogP contribution >= 0.6 is 11.3 Å². The van der Waals surface area contributed by atoms with Gasteiger partial charge in [0, 0.05) is 6.42 Å². The first-order chi connectivity index (χ1) is 9.89. The fourth-order valence-corrected chi connectivity index (χ4v) is 2.87. The highest BCUT2D eigenvalue weighted by Gasteiger charge is 2.30. The lowest BCUT2D eigenvalue weighted by Crippen LogP contribution is -2.17. The van der Waals surface area contributed by atoms with Gasteiger partial charge in [0.05, 0.1) is 4.88 Å². The first-order valence-electron chi connectivity index (χ1n) is 6.33. The van der Waals surface area contributed by atoms with Crippen molar-refractivity contribution in [3.05, 3.63) is 51.7 Å². The molecule has 0 radical (unpaired) electrons. The van der Waals surface area contributed by atoms with Gasteiger partial charge in [0.15, 0.2) is 5.78 Å². The van der Waals surface area contributed by atoms with Crippen LogP contribution in [-0.4, -0.2) is 12.1 Å². The molecular weight excluding hydrogens is 301 g/mol. The van der Waals surface area contributed by atoms with Crippen molar-refractivity contribution in [3.63, 3.8) is 0 Å². The minimum absolute atomic E-state index is 0.0219. The third kappa shape index (κ3) is 4.32. The van der Waals surface area contributed by atoms with Gasteiger partial charge in [0.1, 0.15) is 5.75 Å². The largest absolute Gasteiger partial charge is 0.573 e. The van der Waals surface area contributed by atoms with Gasteiger partial charge in [-0.1, -0.05) is 19.1 Å². The number of ether oxygens (including phenoxy) is 1. The number of benzene rings is 1. The van der Waals surface area contributed by atoms with E-state index in [9.17, 15) is 18.0 Å². The monoisotopic (exact) mass is 314 g/mol. The van der Waals surface area contributed by atoms with Gasteiger partial charge in [-0.2, -0.15) is 0 Å². The number of Topliss-reactive ketones (excluding diaryl/α,β-unsaturated/α-hetero) is 1. The Labute approximate surface area is 124 Å². The molecule has 1 aromatic heterocycles. The minimum Gasteiger partial charge on any atom is -0.406 e. The van der Waals surface area contributed by atoms with Crippen molar-refractivity contribution < 1.29 is 22.7 Å². The Morgan fingerprint density at radius 3 is 2.43 bits per heavy atom. The number of halogens is 3. The van der Waals surface area contributed by atoms with Crippen molar-refractivity contribution >= 4 is 17.1 Å². The highest BCUT2D eigenvalue weighted by Crippen LogP contribution is 2.24. The number of hydrogen-bond acceptors (Lipinski definition) is 3. The van der Waals surface area contributed by atoms with E-state index in [0.29, 0.717) is 10.4 Å². The zero-order valence-electron chi connectivity index (χ0n) is 11.2. The summed E-state index contributed by atoms with van der Waals surface area (Å²) in [5, 5.41) is 1.87. The van der Waals surface area contributed by atoms with Gasteiger partial charge >= 0.3 is 6.36 Å². The number of hydrogen-bond donors (Lipinski definition) is 0. The number of alkyl halides is 3. The molecule has 2 nitrogen and oxygen atoms in total.